The van der Waals surface area contributed by atoms with E-state index >= 15 is 0 Å². The largest absolute Gasteiger partial charge is 0.478 e. The van der Waals surface area contributed by atoms with Crippen molar-refractivity contribution in [3.63, 3.8) is 0 Å². The molecule has 9 nitrogen and oxygen atoms in total. The molecular formula is C25H19F2N5O4. The van der Waals surface area contributed by atoms with E-state index in [0.29, 0.717) is 18.4 Å². The molecule has 0 aliphatic heterocycles. The number of carbonyl (C=O) groups is 3. The number of rotatable bonds is 6. The Kier molecular flexibility index (Phi) is 5.88. The van der Waals surface area contributed by atoms with Crippen LogP contribution in [0.5, 0.6) is 0 Å². The molecule has 11 heteroatoms. The Balaban J connectivity index is 1.36. The van der Waals surface area contributed by atoms with E-state index in [1.54, 1.807) is 18.2 Å². The van der Waals surface area contributed by atoms with Gasteiger partial charge in [0.2, 0.25) is 0 Å². The quantitative estimate of drug-likeness (QED) is 0.381. The highest BCUT2D eigenvalue weighted by Gasteiger charge is 2.27. The lowest BCUT2D eigenvalue weighted by Crippen LogP contribution is -2.30. The van der Waals surface area contributed by atoms with E-state index in [0.717, 1.165) is 23.3 Å². The number of amides is 2. The van der Waals surface area contributed by atoms with Crippen LogP contribution in [0.4, 0.5) is 8.78 Å². The van der Waals surface area contributed by atoms with Crippen LogP contribution in [0.15, 0.2) is 54.7 Å². The van der Waals surface area contributed by atoms with Crippen LogP contribution in [-0.2, 0) is 13.0 Å². The van der Waals surface area contributed by atoms with E-state index in [2.05, 4.69) is 20.7 Å². The zero-order valence-electron chi connectivity index (χ0n) is 18.7. The molecule has 2 aromatic heterocycles. The fourth-order valence-electron chi connectivity index (χ4n) is 4.25. The van der Waals surface area contributed by atoms with Crippen molar-refractivity contribution in [3.05, 3.63) is 100 Å². The second-order valence-electron chi connectivity index (χ2n) is 8.34. The molecule has 0 radical (unpaired) electrons. The molecule has 1 aliphatic carbocycles. The smallest absolute Gasteiger partial charge is 0.335 e. The zero-order chi connectivity index (χ0) is 25.4. The van der Waals surface area contributed by atoms with E-state index in [-0.39, 0.29) is 35.2 Å². The summed E-state index contributed by atoms with van der Waals surface area (Å²) in [4.78, 5) is 41.4. The third kappa shape index (κ3) is 4.38. The van der Waals surface area contributed by atoms with Gasteiger partial charge >= 0.3 is 5.97 Å². The van der Waals surface area contributed by atoms with Crippen molar-refractivity contribution in [3.8, 4) is 0 Å². The van der Waals surface area contributed by atoms with Gasteiger partial charge in [-0.05, 0) is 53.8 Å². The molecule has 1 aliphatic rings. The summed E-state index contributed by atoms with van der Waals surface area (Å²) in [6.07, 6.45) is 2.66. The van der Waals surface area contributed by atoms with Gasteiger partial charge < -0.3 is 15.7 Å². The van der Waals surface area contributed by atoms with E-state index in [1.165, 1.54) is 28.9 Å². The Morgan fingerprint density at radius 1 is 1.03 bits per heavy atom. The highest BCUT2D eigenvalue weighted by Crippen LogP contribution is 2.32. The van der Waals surface area contributed by atoms with Crippen molar-refractivity contribution >= 4 is 23.4 Å². The van der Waals surface area contributed by atoms with E-state index in [4.69, 9.17) is 0 Å². The molecule has 182 valence electrons. The number of aromatic nitrogens is 3. The van der Waals surface area contributed by atoms with Crippen molar-refractivity contribution in [2.24, 2.45) is 0 Å². The first-order valence-electron chi connectivity index (χ1n) is 11.0. The monoisotopic (exact) mass is 491 g/mol. The Bertz CT molecular complexity index is 1530. The lowest BCUT2D eigenvalue weighted by Gasteiger charge is -2.15. The van der Waals surface area contributed by atoms with E-state index in [9.17, 15) is 28.3 Å². The van der Waals surface area contributed by atoms with Crippen molar-refractivity contribution in [1.82, 2.24) is 25.2 Å². The van der Waals surface area contributed by atoms with Crippen molar-refractivity contribution in [1.29, 1.82) is 0 Å². The normalized spacial score (nSPS) is 14.4. The van der Waals surface area contributed by atoms with Gasteiger partial charge in [0.15, 0.2) is 17.3 Å². The molecule has 0 spiro atoms. The third-order valence-electron chi connectivity index (χ3n) is 6.03. The van der Waals surface area contributed by atoms with Crippen LogP contribution in [0.3, 0.4) is 0 Å². The number of nitrogens with zero attached hydrogens (tertiary/aromatic N) is 3. The van der Waals surface area contributed by atoms with Crippen LogP contribution in [-0.4, -0.2) is 37.5 Å². The SMILES string of the molecule is O=C(O)c1ccc2c(c1)CC[C@@H]2NC(=O)c1cc(C(=O)NCc2ccc(F)c(F)c2)nc2ccnn12. The number of aryl methyl sites for hydroxylation is 1. The van der Waals surface area contributed by atoms with Crippen LogP contribution in [0.25, 0.3) is 5.65 Å². The third-order valence-corrected chi connectivity index (χ3v) is 6.03. The maximum absolute atomic E-state index is 13.4. The predicted octanol–water partition coefficient (Wildman–Crippen LogP) is 3.05. The number of benzene rings is 2. The van der Waals surface area contributed by atoms with Gasteiger partial charge in [0.25, 0.3) is 11.8 Å². The molecule has 0 fully saturated rings. The Morgan fingerprint density at radius 2 is 1.86 bits per heavy atom. The molecule has 0 saturated heterocycles. The first-order chi connectivity index (χ1) is 17.3. The van der Waals surface area contributed by atoms with Gasteiger partial charge in [-0.1, -0.05) is 12.1 Å². The summed E-state index contributed by atoms with van der Waals surface area (Å²) in [7, 11) is 0. The van der Waals surface area contributed by atoms with Crippen molar-refractivity contribution < 1.29 is 28.3 Å². The average Bonchev–Trinajstić information content (AvgIpc) is 3.50. The summed E-state index contributed by atoms with van der Waals surface area (Å²) >= 11 is 0. The molecule has 0 saturated carbocycles. The van der Waals surface area contributed by atoms with Crippen LogP contribution < -0.4 is 10.6 Å². The molecule has 0 unspecified atom stereocenters. The number of hydrogen-bond acceptors (Lipinski definition) is 5. The van der Waals surface area contributed by atoms with Gasteiger partial charge in [-0.25, -0.2) is 23.1 Å². The second-order valence-corrected chi connectivity index (χ2v) is 8.34. The molecule has 4 aromatic rings. The number of fused-ring (bicyclic) bond motifs is 2. The second kappa shape index (κ2) is 9.17. The number of aromatic carboxylic acids is 1. The minimum atomic E-state index is -1.02. The summed E-state index contributed by atoms with van der Waals surface area (Å²) in [6.45, 7) is -0.0686. The lowest BCUT2D eigenvalue weighted by molar-refractivity contribution is 0.0696. The molecule has 3 N–H and O–H groups in total. The minimum absolute atomic E-state index is 0.0475. The topological polar surface area (TPSA) is 126 Å². The molecule has 2 heterocycles. The van der Waals surface area contributed by atoms with Crippen molar-refractivity contribution in [2.75, 3.05) is 0 Å². The fraction of sp³-hybridized carbons (Fsp3) is 0.160. The molecule has 0 bridgehead atoms. The van der Waals surface area contributed by atoms with Crippen LogP contribution >= 0.6 is 0 Å². The summed E-state index contributed by atoms with van der Waals surface area (Å²) in [6, 6.07) is 10.6. The lowest BCUT2D eigenvalue weighted by atomic mass is 10.0. The van der Waals surface area contributed by atoms with Crippen LogP contribution in [0.2, 0.25) is 0 Å². The average molecular weight is 491 g/mol. The van der Waals surface area contributed by atoms with Crippen LogP contribution in [0.1, 0.15) is 60.5 Å². The fourth-order valence-corrected chi connectivity index (χ4v) is 4.25. The number of nitrogens with one attached hydrogen (secondary N) is 2. The Morgan fingerprint density at radius 3 is 2.64 bits per heavy atom. The molecule has 1 atom stereocenters. The first kappa shape index (κ1) is 23.1. The van der Waals surface area contributed by atoms with Gasteiger partial charge in [-0.3, -0.25) is 9.59 Å². The van der Waals surface area contributed by atoms with Gasteiger partial charge in [0.1, 0.15) is 11.4 Å². The van der Waals surface area contributed by atoms with Gasteiger partial charge in [-0.2, -0.15) is 5.10 Å². The molecule has 36 heavy (non-hydrogen) atoms. The predicted molar refractivity (Wildman–Crippen MR) is 122 cm³/mol. The highest BCUT2D eigenvalue weighted by atomic mass is 19.2. The standard InChI is InChI=1S/C25H19F2N5O4/c26-17-5-1-13(9-18(17)27)12-28-23(33)20-11-21(32-22(30-20)7-8-29-32)24(34)31-19-6-3-14-10-15(25(35)36)2-4-16(14)19/h1-2,4-5,7-11,19H,3,6,12H2,(H,28,33)(H,31,34)(H,35,36)/t19-/m0/s1. The first-order valence-corrected chi connectivity index (χ1v) is 11.0. The van der Waals surface area contributed by atoms with Crippen LogP contribution in [0, 0.1) is 11.6 Å². The summed E-state index contributed by atoms with van der Waals surface area (Å²) < 4.78 is 27.9. The number of carboxylic acid groups (broad SMARTS) is 1. The highest BCUT2D eigenvalue weighted by molar-refractivity contribution is 5.98. The molecule has 2 amide bonds. The van der Waals surface area contributed by atoms with Gasteiger partial charge in [0, 0.05) is 18.7 Å². The van der Waals surface area contributed by atoms with E-state index < -0.39 is 29.4 Å². The number of halogens is 2. The minimum Gasteiger partial charge on any atom is -0.478 e. The molecular weight excluding hydrogens is 472 g/mol. The van der Waals surface area contributed by atoms with Gasteiger partial charge in [0.05, 0.1) is 17.8 Å². The zero-order valence-corrected chi connectivity index (χ0v) is 18.7. The number of carbonyl (C=O) groups excluding carboxylic acids is 2. The molecule has 5 rings (SSSR count). The summed E-state index contributed by atoms with van der Waals surface area (Å²) in [5.74, 6) is -4.11. The molecule has 2 aromatic carbocycles. The van der Waals surface area contributed by atoms with Crippen molar-refractivity contribution in [2.45, 2.75) is 25.4 Å². The van der Waals surface area contributed by atoms with Gasteiger partial charge in [-0.15, -0.1) is 0 Å². The Labute approximate surface area is 202 Å². The maximum Gasteiger partial charge on any atom is 0.335 e. The number of hydrogen-bond donors (Lipinski definition) is 3. The maximum atomic E-state index is 13.4. The number of carboxylic acids is 1. The summed E-state index contributed by atoms with van der Waals surface area (Å²) in [5, 5.41) is 18.8. The summed E-state index contributed by atoms with van der Waals surface area (Å²) in [5.41, 5.74) is 2.55. The van der Waals surface area contributed by atoms with E-state index in [1.807, 2.05) is 0 Å². The Hall–Kier alpha value is -4.67.